The molecule has 0 aliphatic rings. The molecule has 5 nitrogen and oxygen atoms in total. The number of amides is 1. The molecule has 5 heteroatoms. The first kappa shape index (κ1) is 19.0. The second-order valence-corrected chi connectivity index (χ2v) is 5.97. The van der Waals surface area contributed by atoms with E-state index in [1.54, 1.807) is 7.11 Å². The van der Waals surface area contributed by atoms with Crippen LogP contribution < -0.4 is 15.4 Å². The van der Waals surface area contributed by atoms with Crippen molar-refractivity contribution < 1.29 is 14.3 Å². The smallest absolute Gasteiger partial charge is 0.238 e. The first-order valence-corrected chi connectivity index (χ1v) is 8.37. The lowest BCUT2D eigenvalue weighted by Gasteiger charge is -2.12. The van der Waals surface area contributed by atoms with Gasteiger partial charge in [0.25, 0.3) is 0 Å². The second kappa shape index (κ2) is 9.81. The largest absolute Gasteiger partial charge is 0.489 e. The summed E-state index contributed by atoms with van der Waals surface area (Å²) < 4.78 is 10.8. The number of methoxy groups -OCH3 is 1. The van der Waals surface area contributed by atoms with Crippen molar-refractivity contribution in [2.24, 2.45) is 0 Å². The highest BCUT2D eigenvalue weighted by Gasteiger charge is 2.06. The SMILES string of the molecule is COCCNCC(=O)Nc1ccc(OCc2cccc(C)c2)cc1C. The molecule has 0 radical (unpaired) electrons. The molecule has 0 bridgehead atoms. The zero-order valence-electron chi connectivity index (χ0n) is 15.1. The number of benzene rings is 2. The fourth-order valence-electron chi connectivity index (χ4n) is 2.41. The molecule has 2 aromatic carbocycles. The Morgan fingerprint density at radius 2 is 1.96 bits per heavy atom. The van der Waals surface area contributed by atoms with Crippen LogP contribution in [0.25, 0.3) is 0 Å². The van der Waals surface area contributed by atoms with Crippen molar-refractivity contribution in [1.82, 2.24) is 5.32 Å². The molecule has 25 heavy (non-hydrogen) atoms. The molecule has 1 amide bonds. The van der Waals surface area contributed by atoms with E-state index in [1.165, 1.54) is 5.56 Å². The molecule has 0 saturated carbocycles. The lowest BCUT2D eigenvalue weighted by Crippen LogP contribution is -2.30. The summed E-state index contributed by atoms with van der Waals surface area (Å²) in [6, 6.07) is 13.9. The van der Waals surface area contributed by atoms with Crippen LogP contribution in [-0.2, 0) is 16.1 Å². The summed E-state index contributed by atoms with van der Waals surface area (Å²) in [5.41, 5.74) is 4.11. The van der Waals surface area contributed by atoms with Crippen molar-refractivity contribution in [3.05, 3.63) is 59.2 Å². The molecule has 0 unspecified atom stereocenters. The fraction of sp³-hybridized carbons (Fsp3) is 0.350. The lowest BCUT2D eigenvalue weighted by molar-refractivity contribution is -0.115. The molecule has 2 aromatic rings. The summed E-state index contributed by atoms with van der Waals surface area (Å²) >= 11 is 0. The average molecular weight is 342 g/mol. The Morgan fingerprint density at radius 3 is 2.68 bits per heavy atom. The van der Waals surface area contributed by atoms with E-state index in [9.17, 15) is 4.79 Å². The summed E-state index contributed by atoms with van der Waals surface area (Å²) in [6.07, 6.45) is 0. The number of ether oxygens (including phenoxy) is 2. The van der Waals surface area contributed by atoms with Crippen LogP contribution in [0.1, 0.15) is 16.7 Å². The quantitative estimate of drug-likeness (QED) is 0.688. The third-order valence-corrected chi connectivity index (χ3v) is 3.73. The van der Waals surface area contributed by atoms with Gasteiger partial charge in [0, 0.05) is 19.3 Å². The highest BCUT2D eigenvalue weighted by Crippen LogP contribution is 2.22. The summed E-state index contributed by atoms with van der Waals surface area (Å²) in [7, 11) is 1.63. The van der Waals surface area contributed by atoms with Gasteiger partial charge in [0.05, 0.1) is 13.2 Å². The van der Waals surface area contributed by atoms with Crippen LogP contribution >= 0.6 is 0 Å². The Morgan fingerprint density at radius 1 is 1.12 bits per heavy atom. The van der Waals surface area contributed by atoms with Crippen molar-refractivity contribution >= 4 is 11.6 Å². The van der Waals surface area contributed by atoms with Gasteiger partial charge in [-0.05, 0) is 43.2 Å². The van der Waals surface area contributed by atoms with Crippen LogP contribution in [0.5, 0.6) is 5.75 Å². The number of anilines is 1. The summed E-state index contributed by atoms with van der Waals surface area (Å²) in [5.74, 6) is 0.711. The molecule has 2 N–H and O–H groups in total. The minimum Gasteiger partial charge on any atom is -0.489 e. The topological polar surface area (TPSA) is 59.6 Å². The standard InChI is InChI=1S/C20H26N2O3/c1-15-5-4-6-17(11-15)14-25-18-7-8-19(16(2)12-18)22-20(23)13-21-9-10-24-3/h4-8,11-12,21H,9-10,13-14H2,1-3H3,(H,22,23). The van der Waals surface area contributed by atoms with Crippen LogP contribution in [0, 0.1) is 13.8 Å². The van der Waals surface area contributed by atoms with Crippen molar-refractivity contribution in [1.29, 1.82) is 0 Å². The Bertz CT molecular complexity index is 701. The first-order valence-electron chi connectivity index (χ1n) is 8.37. The van der Waals surface area contributed by atoms with Crippen LogP contribution in [0.15, 0.2) is 42.5 Å². The van der Waals surface area contributed by atoms with E-state index in [1.807, 2.05) is 37.3 Å². The fourth-order valence-corrected chi connectivity index (χ4v) is 2.41. The lowest BCUT2D eigenvalue weighted by atomic mass is 10.1. The maximum atomic E-state index is 11.9. The molecule has 0 saturated heterocycles. The van der Waals surface area contributed by atoms with Crippen molar-refractivity contribution in [2.45, 2.75) is 20.5 Å². The van der Waals surface area contributed by atoms with Crippen LogP contribution in [0.2, 0.25) is 0 Å². The minimum atomic E-state index is -0.0763. The Balaban J connectivity index is 1.86. The number of carbonyl (C=O) groups excluding carboxylic acids is 1. The Labute approximate surface area is 149 Å². The predicted octanol–water partition coefficient (Wildman–Crippen LogP) is 3.06. The number of rotatable bonds is 9. The van der Waals surface area contributed by atoms with Gasteiger partial charge in [-0.15, -0.1) is 0 Å². The minimum absolute atomic E-state index is 0.0763. The molecular weight excluding hydrogens is 316 g/mol. The highest BCUT2D eigenvalue weighted by atomic mass is 16.5. The molecular formula is C20H26N2O3. The van der Waals surface area contributed by atoms with Crippen molar-refractivity contribution in [3.63, 3.8) is 0 Å². The number of aryl methyl sites for hydroxylation is 2. The molecule has 2 rings (SSSR count). The second-order valence-electron chi connectivity index (χ2n) is 5.97. The molecule has 0 aliphatic heterocycles. The van der Waals surface area contributed by atoms with Crippen LogP contribution in [-0.4, -0.2) is 32.7 Å². The number of hydrogen-bond acceptors (Lipinski definition) is 4. The van der Waals surface area contributed by atoms with E-state index in [2.05, 4.69) is 29.7 Å². The van der Waals surface area contributed by atoms with E-state index in [0.29, 0.717) is 19.8 Å². The van der Waals surface area contributed by atoms with Crippen LogP contribution in [0.4, 0.5) is 5.69 Å². The molecule has 0 atom stereocenters. The Kier molecular flexibility index (Phi) is 7.44. The molecule has 0 spiro atoms. The van der Waals surface area contributed by atoms with Gasteiger partial charge in [-0.3, -0.25) is 4.79 Å². The van der Waals surface area contributed by atoms with E-state index >= 15 is 0 Å². The van der Waals surface area contributed by atoms with Gasteiger partial charge in [0.15, 0.2) is 0 Å². The normalized spacial score (nSPS) is 10.5. The zero-order chi connectivity index (χ0) is 18.1. The molecule has 0 aromatic heterocycles. The summed E-state index contributed by atoms with van der Waals surface area (Å²) in [4.78, 5) is 11.9. The molecule has 0 fully saturated rings. The number of carbonyl (C=O) groups is 1. The van der Waals surface area contributed by atoms with Gasteiger partial charge in [0.2, 0.25) is 5.91 Å². The van der Waals surface area contributed by atoms with Gasteiger partial charge in [-0.2, -0.15) is 0 Å². The van der Waals surface area contributed by atoms with Gasteiger partial charge in [-0.1, -0.05) is 29.8 Å². The summed E-state index contributed by atoms with van der Waals surface area (Å²) in [5, 5.41) is 5.92. The van der Waals surface area contributed by atoms with E-state index in [0.717, 1.165) is 22.6 Å². The highest BCUT2D eigenvalue weighted by molar-refractivity contribution is 5.93. The third-order valence-electron chi connectivity index (χ3n) is 3.73. The first-order chi connectivity index (χ1) is 12.1. The Hall–Kier alpha value is -2.37. The number of hydrogen-bond donors (Lipinski definition) is 2. The van der Waals surface area contributed by atoms with E-state index in [-0.39, 0.29) is 12.5 Å². The summed E-state index contributed by atoms with van der Waals surface area (Å²) in [6.45, 7) is 6.03. The monoisotopic (exact) mass is 342 g/mol. The van der Waals surface area contributed by atoms with Gasteiger partial charge in [0.1, 0.15) is 12.4 Å². The van der Waals surface area contributed by atoms with E-state index < -0.39 is 0 Å². The van der Waals surface area contributed by atoms with Crippen molar-refractivity contribution in [3.8, 4) is 5.75 Å². The zero-order valence-corrected chi connectivity index (χ0v) is 15.1. The molecule has 134 valence electrons. The molecule has 0 heterocycles. The predicted molar refractivity (Wildman–Crippen MR) is 100 cm³/mol. The van der Waals surface area contributed by atoms with Crippen LogP contribution in [0.3, 0.4) is 0 Å². The number of nitrogens with one attached hydrogen (secondary N) is 2. The maximum Gasteiger partial charge on any atom is 0.238 e. The maximum absolute atomic E-state index is 11.9. The average Bonchev–Trinajstić information content (AvgIpc) is 2.59. The van der Waals surface area contributed by atoms with Gasteiger partial charge < -0.3 is 20.1 Å². The third kappa shape index (κ3) is 6.57. The molecule has 0 aliphatic carbocycles. The van der Waals surface area contributed by atoms with Gasteiger partial charge >= 0.3 is 0 Å². The van der Waals surface area contributed by atoms with E-state index in [4.69, 9.17) is 9.47 Å². The van der Waals surface area contributed by atoms with Crippen molar-refractivity contribution in [2.75, 3.05) is 32.1 Å². The van der Waals surface area contributed by atoms with Gasteiger partial charge in [-0.25, -0.2) is 0 Å².